The van der Waals surface area contributed by atoms with E-state index in [1.807, 2.05) is 35.8 Å². The fourth-order valence-electron chi connectivity index (χ4n) is 1.99. The van der Waals surface area contributed by atoms with Gasteiger partial charge in [0, 0.05) is 7.11 Å². The van der Waals surface area contributed by atoms with Gasteiger partial charge in [-0.05, 0) is 19.1 Å². The summed E-state index contributed by atoms with van der Waals surface area (Å²) in [6.45, 7) is 2.59. The Hall–Kier alpha value is -1.53. The van der Waals surface area contributed by atoms with Crippen LogP contribution < -0.4 is 0 Å². The van der Waals surface area contributed by atoms with Gasteiger partial charge in [0.15, 0.2) is 5.16 Å². The van der Waals surface area contributed by atoms with Crippen LogP contribution in [0, 0.1) is 0 Å². The number of aliphatic carboxylic acids is 1. The molecule has 0 bridgehead atoms. The summed E-state index contributed by atoms with van der Waals surface area (Å²) in [6, 6.07) is 7.89. The van der Waals surface area contributed by atoms with Gasteiger partial charge in [-0.1, -0.05) is 23.9 Å². The van der Waals surface area contributed by atoms with Crippen molar-refractivity contribution in [2.75, 3.05) is 19.5 Å². The first-order valence-electron chi connectivity index (χ1n) is 5.94. The van der Waals surface area contributed by atoms with Crippen LogP contribution in [0.4, 0.5) is 0 Å². The van der Waals surface area contributed by atoms with Gasteiger partial charge in [0.2, 0.25) is 0 Å². The van der Waals surface area contributed by atoms with E-state index in [1.54, 1.807) is 7.11 Å². The molecule has 0 aliphatic carbocycles. The molecule has 1 aromatic heterocycles. The van der Waals surface area contributed by atoms with Crippen molar-refractivity contribution in [2.24, 2.45) is 0 Å². The summed E-state index contributed by atoms with van der Waals surface area (Å²) in [4.78, 5) is 15.2. The Morgan fingerprint density at radius 2 is 2.26 bits per heavy atom. The van der Waals surface area contributed by atoms with Crippen molar-refractivity contribution in [2.45, 2.75) is 18.1 Å². The van der Waals surface area contributed by atoms with Crippen molar-refractivity contribution in [3.8, 4) is 0 Å². The van der Waals surface area contributed by atoms with Crippen LogP contribution in [0.15, 0.2) is 29.4 Å². The van der Waals surface area contributed by atoms with Crippen LogP contribution in [0.2, 0.25) is 0 Å². The lowest BCUT2D eigenvalue weighted by atomic mass is 10.3. The van der Waals surface area contributed by atoms with Crippen molar-refractivity contribution in [3.63, 3.8) is 0 Å². The van der Waals surface area contributed by atoms with E-state index in [-0.39, 0.29) is 11.8 Å². The molecule has 5 nitrogen and oxygen atoms in total. The van der Waals surface area contributed by atoms with Crippen molar-refractivity contribution in [3.05, 3.63) is 24.3 Å². The molecule has 0 aliphatic rings. The average Bonchev–Trinajstić information content (AvgIpc) is 2.74. The number of imidazole rings is 1. The SMILES string of the molecule is COCC(C)n1c(SCC(=O)O)nc2ccccc21. The predicted octanol–water partition coefficient (Wildman–Crippen LogP) is 2.42. The Bertz CT molecular complexity index is 582. The smallest absolute Gasteiger partial charge is 0.313 e. The highest BCUT2D eigenvalue weighted by Crippen LogP contribution is 2.27. The second kappa shape index (κ2) is 6.08. The van der Waals surface area contributed by atoms with Crippen LogP contribution in [0.5, 0.6) is 0 Å². The molecule has 0 amide bonds. The third-order valence-electron chi connectivity index (χ3n) is 2.74. The quantitative estimate of drug-likeness (QED) is 0.823. The number of fused-ring (bicyclic) bond motifs is 1. The highest BCUT2D eigenvalue weighted by atomic mass is 32.2. The summed E-state index contributed by atoms with van der Waals surface area (Å²) >= 11 is 1.23. The minimum Gasteiger partial charge on any atom is -0.481 e. The molecule has 0 radical (unpaired) electrons. The van der Waals surface area contributed by atoms with Crippen LogP contribution >= 0.6 is 11.8 Å². The first-order valence-corrected chi connectivity index (χ1v) is 6.92. The summed E-state index contributed by atoms with van der Waals surface area (Å²) in [5.74, 6) is -0.841. The Kier molecular flexibility index (Phi) is 4.44. The average molecular weight is 280 g/mol. The molecular formula is C13H16N2O3S. The monoisotopic (exact) mass is 280 g/mol. The fraction of sp³-hybridized carbons (Fsp3) is 0.385. The summed E-state index contributed by atoms with van der Waals surface area (Å²) in [5, 5.41) is 9.52. The van der Waals surface area contributed by atoms with Gasteiger partial charge in [0.1, 0.15) is 0 Å². The number of benzene rings is 1. The maximum atomic E-state index is 10.7. The number of hydrogen-bond donors (Lipinski definition) is 1. The van der Waals surface area contributed by atoms with Gasteiger partial charge in [0.05, 0.1) is 29.4 Å². The zero-order valence-electron chi connectivity index (χ0n) is 10.9. The highest BCUT2D eigenvalue weighted by Gasteiger charge is 2.16. The molecule has 2 aromatic rings. The Morgan fingerprint density at radius 1 is 1.53 bits per heavy atom. The lowest BCUT2D eigenvalue weighted by Crippen LogP contribution is -2.12. The summed E-state index contributed by atoms with van der Waals surface area (Å²) in [7, 11) is 1.65. The third kappa shape index (κ3) is 3.08. The molecule has 0 aliphatic heterocycles. The largest absolute Gasteiger partial charge is 0.481 e. The van der Waals surface area contributed by atoms with E-state index in [0.29, 0.717) is 11.8 Å². The summed E-state index contributed by atoms with van der Waals surface area (Å²) in [5.41, 5.74) is 1.87. The topological polar surface area (TPSA) is 64.3 Å². The number of carboxylic acid groups (broad SMARTS) is 1. The van der Waals surface area contributed by atoms with Crippen LogP contribution in [-0.2, 0) is 9.53 Å². The van der Waals surface area contributed by atoms with E-state index < -0.39 is 5.97 Å². The number of para-hydroxylation sites is 2. The third-order valence-corrected chi connectivity index (χ3v) is 3.67. The molecule has 0 saturated carbocycles. The van der Waals surface area contributed by atoms with E-state index in [1.165, 1.54) is 11.8 Å². The molecule has 1 unspecified atom stereocenters. The Balaban J connectivity index is 2.42. The molecule has 0 fully saturated rings. The summed E-state index contributed by atoms with van der Waals surface area (Å²) < 4.78 is 7.22. The van der Waals surface area contributed by atoms with Gasteiger partial charge < -0.3 is 14.4 Å². The minimum atomic E-state index is -0.844. The van der Waals surface area contributed by atoms with E-state index in [0.717, 1.165) is 11.0 Å². The number of ether oxygens (including phenoxy) is 1. The second-order valence-corrected chi connectivity index (χ2v) is 5.18. The number of methoxy groups -OCH3 is 1. The second-order valence-electron chi connectivity index (χ2n) is 4.24. The Morgan fingerprint density at radius 3 is 2.95 bits per heavy atom. The number of carboxylic acids is 1. The number of rotatable bonds is 6. The molecule has 1 heterocycles. The molecule has 19 heavy (non-hydrogen) atoms. The first-order chi connectivity index (χ1) is 9.13. The van der Waals surface area contributed by atoms with Gasteiger partial charge >= 0.3 is 5.97 Å². The molecule has 0 saturated heterocycles. The maximum absolute atomic E-state index is 10.7. The van der Waals surface area contributed by atoms with Gasteiger partial charge in [0.25, 0.3) is 0 Å². The van der Waals surface area contributed by atoms with E-state index in [2.05, 4.69) is 4.98 Å². The Labute approximate surface area is 115 Å². The van der Waals surface area contributed by atoms with Crippen molar-refractivity contribution < 1.29 is 14.6 Å². The number of aromatic nitrogens is 2. The summed E-state index contributed by atoms with van der Waals surface area (Å²) in [6.07, 6.45) is 0. The molecule has 1 atom stereocenters. The molecule has 1 N–H and O–H groups in total. The lowest BCUT2D eigenvalue weighted by molar-refractivity contribution is -0.133. The lowest BCUT2D eigenvalue weighted by Gasteiger charge is -2.16. The zero-order valence-corrected chi connectivity index (χ0v) is 11.7. The number of nitrogens with zero attached hydrogens (tertiary/aromatic N) is 2. The van der Waals surface area contributed by atoms with Crippen molar-refractivity contribution >= 4 is 28.8 Å². The zero-order chi connectivity index (χ0) is 13.8. The van der Waals surface area contributed by atoms with Crippen LogP contribution in [0.25, 0.3) is 11.0 Å². The number of thioether (sulfide) groups is 1. The minimum absolute atomic E-state index is 0.00300. The van der Waals surface area contributed by atoms with Gasteiger partial charge in [-0.3, -0.25) is 4.79 Å². The molecule has 1 aromatic carbocycles. The standard InChI is InChI=1S/C13H16N2O3S/c1-9(7-18-2)15-11-6-4-3-5-10(11)14-13(15)19-8-12(16)17/h3-6,9H,7-8H2,1-2H3,(H,16,17). The number of carbonyl (C=O) groups is 1. The maximum Gasteiger partial charge on any atom is 0.313 e. The molecule has 2 rings (SSSR count). The molecular weight excluding hydrogens is 264 g/mol. The molecule has 6 heteroatoms. The van der Waals surface area contributed by atoms with Gasteiger partial charge in [-0.2, -0.15) is 0 Å². The first kappa shape index (κ1) is 13.9. The van der Waals surface area contributed by atoms with Gasteiger partial charge in [-0.25, -0.2) is 4.98 Å². The van der Waals surface area contributed by atoms with Crippen molar-refractivity contribution in [1.29, 1.82) is 0 Å². The number of hydrogen-bond acceptors (Lipinski definition) is 4. The van der Waals surface area contributed by atoms with E-state index >= 15 is 0 Å². The molecule has 0 spiro atoms. The highest BCUT2D eigenvalue weighted by molar-refractivity contribution is 7.99. The molecule has 102 valence electrons. The predicted molar refractivity (Wildman–Crippen MR) is 74.7 cm³/mol. The normalized spacial score (nSPS) is 12.7. The van der Waals surface area contributed by atoms with Crippen molar-refractivity contribution in [1.82, 2.24) is 9.55 Å². The van der Waals surface area contributed by atoms with Crippen LogP contribution in [0.3, 0.4) is 0 Å². The fourth-order valence-corrected chi connectivity index (χ4v) is 2.83. The van der Waals surface area contributed by atoms with Crippen LogP contribution in [0.1, 0.15) is 13.0 Å². The van der Waals surface area contributed by atoms with E-state index in [9.17, 15) is 4.79 Å². The van der Waals surface area contributed by atoms with Crippen LogP contribution in [-0.4, -0.2) is 40.1 Å². The van der Waals surface area contributed by atoms with E-state index in [4.69, 9.17) is 9.84 Å². The van der Waals surface area contributed by atoms with Gasteiger partial charge in [-0.15, -0.1) is 0 Å².